The number of aryl methyl sites for hydroxylation is 2. The third-order valence-corrected chi connectivity index (χ3v) is 5.76. The van der Waals surface area contributed by atoms with Crippen LogP contribution in [0.5, 0.6) is 5.75 Å². The van der Waals surface area contributed by atoms with Gasteiger partial charge in [-0.1, -0.05) is 37.3 Å². The Balaban J connectivity index is 1.55. The van der Waals surface area contributed by atoms with Crippen LogP contribution in [0, 0.1) is 17.3 Å². The Morgan fingerprint density at radius 1 is 1.19 bits per heavy atom. The molecule has 26 heavy (non-hydrogen) atoms. The highest BCUT2D eigenvalue weighted by Gasteiger charge is 2.66. The van der Waals surface area contributed by atoms with Crippen molar-refractivity contribution >= 4 is 28.3 Å². The molecule has 1 fully saturated rings. The molecule has 0 spiro atoms. The van der Waals surface area contributed by atoms with Gasteiger partial charge in [0.1, 0.15) is 10.8 Å². The zero-order valence-electron chi connectivity index (χ0n) is 14.9. The maximum Gasteiger partial charge on any atom is 0.307 e. The maximum atomic E-state index is 12.3. The summed E-state index contributed by atoms with van der Waals surface area (Å²) in [5.74, 6) is -1.61. The summed E-state index contributed by atoms with van der Waals surface area (Å²) >= 11 is 1.32. The van der Waals surface area contributed by atoms with Crippen LogP contribution < -0.4 is 10.1 Å². The molecule has 138 valence electrons. The molecule has 0 bridgehead atoms. The highest BCUT2D eigenvalue weighted by molar-refractivity contribution is 7.15. The zero-order chi connectivity index (χ0) is 18.9. The van der Waals surface area contributed by atoms with E-state index >= 15 is 0 Å². The van der Waals surface area contributed by atoms with Crippen molar-refractivity contribution < 1.29 is 19.4 Å². The molecular formula is C18H21N3O4S. The number of aliphatic carboxylic acids is 1. The number of aromatic nitrogens is 2. The molecule has 0 unspecified atom stereocenters. The average Bonchev–Trinajstić information content (AvgIpc) is 2.95. The number of methoxy groups -OCH3 is 1. The minimum atomic E-state index is -0.937. The van der Waals surface area contributed by atoms with E-state index in [2.05, 4.69) is 15.5 Å². The van der Waals surface area contributed by atoms with Crippen molar-refractivity contribution in [3.05, 3.63) is 34.8 Å². The van der Waals surface area contributed by atoms with Gasteiger partial charge in [0, 0.05) is 6.42 Å². The number of nitrogens with one attached hydrogen (secondary N) is 1. The van der Waals surface area contributed by atoms with Gasteiger partial charge in [0.15, 0.2) is 0 Å². The fourth-order valence-corrected chi connectivity index (χ4v) is 3.96. The van der Waals surface area contributed by atoms with Crippen molar-refractivity contribution in [2.75, 3.05) is 12.4 Å². The Bertz CT molecular complexity index is 816. The fraction of sp³-hybridized carbons (Fsp3) is 0.444. The maximum absolute atomic E-state index is 12.3. The first-order valence-corrected chi connectivity index (χ1v) is 9.13. The Kier molecular flexibility index (Phi) is 4.95. The summed E-state index contributed by atoms with van der Waals surface area (Å²) in [6.07, 6.45) is 1.52. The van der Waals surface area contributed by atoms with E-state index in [0.717, 1.165) is 22.7 Å². The van der Waals surface area contributed by atoms with Crippen LogP contribution in [0.4, 0.5) is 5.13 Å². The molecule has 2 N–H and O–H groups in total. The number of anilines is 1. The Morgan fingerprint density at radius 3 is 2.46 bits per heavy atom. The molecule has 1 aromatic heterocycles. The molecule has 1 heterocycles. The van der Waals surface area contributed by atoms with E-state index in [-0.39, 0.29) is 5.91 Å². The van der Waals surface area contributed by atoms with Crippen LogP contribution in [0.2, 0.25) is 0 Å². The molecule has 7 nitrogen and oxygen atoms in total. The predicted molar refractivity (Wildman–Crippen MR) is 97.3 cm³/mol. The van der Waals surface area contributed by atoms with Crippen LogP contribution in [-0.2, 0) is 22.4 Å². The quantitative estimate of drug-likeness (QED) is 0.771. The van der Waals surface area contributed by atoms with E-state index < -0.39 is 23.2 Å². The van der Waals surface area contributed by atoms with Gasteiger partial charge in [-0.15, -0.1) is 10.2 Å². The van der Waals surface area contributed by atoms with Crippen LogP contribution in [-0.4, -0.2) is 34.3 Å². The van der Waals surface area contributed by atoms with E-state index in [1.165, 1.54) is 11.3 Å². The molecule has 0 radical (unpaired) electrons. The molecule has 1 amide bonds. The minimum absolute atomic E-state index is 0.305. The monoisotopic (exact) mass is 375 g/mol. The van der Waals surface area contributed by atoms with Gasteiger partial charge in [0.25, 0.3) is 0 Å². The van der Waals surface area contributed by atoms with Crippen molar-refractivity contribution in [1.29, 1.82) is 0 Å². The standard InChI is InChI=1S/C18H21N3O4S/c1-18(2)13(14(18)16(23)24)15(22)19-17-21-20-12(26-17)9-6-10-4-7-11(25-3)8-5-10/h4-5,7-8,13-14H,6,9H2,1-3H3,(H,23,24)(H,19,21,22)/t13-,14-/m0/s1. The summed E-state index contributed by atoms with van der Waals surface area (Å²) in [6, 6.07) is 7.84. The number of carbonyl (C=O) groups excluding carboxylic acids is 1. The van der Waals surface area contributed by atoms with Gasteiger partial charge in [-0.25, -0.2) is 0 Å². The number of amides is 1. The summed E-state index contributed by atoms with van der Waals surface area (Å²) < 4.78 is 5.14. The molecule has 1 aliphatic rings. The molecule has 2 aromatic rings. The lowest BCUT2D eigenvalue weighted by molar-refractivity contribution is -0.140. The van der Waals surface area contributed by atoms with Crippen LogP contribution in [0.15, 0.2) is 24.3 Å². The zero-order valence-corrected chi connectivity index (χ0v) is 15.7. The lowest BCUT2D eigenvalue weighted by Crippen LogP contribution is -2.17. The van der Waals surface area contributed by atoms with Crippen LogP contribution in [0.3, 0.4) is 0 Å². The van der Waals surface area contributed by atoms with Crippen LogP contribution >= 0.6 is 11.3 Å². The fourth-order valence-electron chi connectivity index (χ4n) is 3.22. The normalized spacial score (nSPS) is 20.4. The summed E-state index contributed by atoms with van der Waals surface area (Å²) in [7, 11) is 1.63. The second kappa shape index (κ2) is 7.03. The van der Waals surface area contributed by atoms with E-state index in [4.69, 9.17) is 4.74 Å². The van der Waals surface area contributed by atoms with Crippen molar-refractivity contribution in [2.45, 2.75) is 26.7 Å². The Labute approximate surface area is 155 Å². The number of hydrogen-bond donors (Lipinski definition) is 2. The van der Waals surface area contributed by atoms with E-state index in [0.29, 0.717) is 11.6 Å². The van der Waals surface area contributed by atoms with Gasteiger partial charge in [-0.2, -0.15) is 0 Å². The number of carbonyl (C=O) groups is 2. The van der Waals surface area contributed by atoms with Gasteiger partial charge >= 0.3 is 5.97 Å². The van der Waals surface area contributed by atoms with Crippen molar-refractivity contribution in [3.8, 4) is 5.75 Å². The van der Waals surface area contributed by atoms with E-state index in [9.17, 15) is 14.7 Å². The highest BCUT2D eigenvalue weighted by Crippen LogP contribution is 2.58. The summed E-state index contributed by atoms with van der Waals surface area (Å²) in [4.78, 5) is 23.5. The number of nitrogens with zero attached hydrogens (tertiary/aromatic N) is 2. The molecule has 1 aliphatic carbocycles. The lowest BCUT2D eigenvalue weighted by atomic mass is 10.1. The molecule has 8 heteroatoms. The van der Waals surface area contributed by atoms with Gasteiger partial charge < -0.3 is 15.2 Å². The molecular weight excluding hydrogens is 354 g/mol. The van der Waals surface area contributed by atoms with Crippen molar-refractivity contribution in [3.63, 3.8) is 0 Å². The number of benzene rings is 1. The van der Waals surface area contributed by atoms with Crippen LogP contribution in [0.25, 0.3) is 0 Å². The first-order chi connectivity index (χ1) is 12.3. The van der Waals surface area contributed by atoms with Gasteiger partial charge in [-0.05, 0) is 29.5 Å². The SMILES string of the molecule is COc1ccc(CCc2nnc(NC(=O)[C@@H]3[C@@H](C(=O)O)C3(C)C)s2)cc1. The van der Waals surface area contributed by atoms with Crippen molar-refractivity contribution in [1.82, 2.24) is 10.2 Å². The second-order valence-corrected chi connectivity index (χ2v) is 8.02. The predicted octanol–water partition coefficient (Wildman–Crippen LogP) is 2.63. The molecule has 3 rings (SSSR count). The van der Waals surface area contributed by atoms with Crippen LogP contribution in [0.1, 0.15) is 24.4 Å². The Hall–Kier alpha value is -2.48. The number of ether oxygens (including phenoxy) is 1. The van der Waals surface area contributed by atoms with Gasteiger partial charge in [-0.3, -0.25) is 9.59 Å². The summed E-state index contributed by atoms with van der Waals surface area (Å²) in [5, 5.41) is 21.2. The van der Waals surface area contributed by atoms with E-state index in [1.54, 1.807) is 21.0 Å². The molecule has 0 saturated heterocycles. The number of rotatable bonds is 7. The largest absolute Gasteiger partial charge is 0.497 e. The number of hydrogen-bond acceptors (Lipinski definition) is 6. The highest BCUT2D eigenvalue weighted by atomic mass is 32.1. The number of carboxylic acids is 1. The molecule has 2 atom stereocenters. The smallest absolute Gasteiger partial charge is 0.307 e. The minimum Gasteiger partial charge on any atom is -0.497 e. The number of carboxylic acid groups (broad SMARTS) is 1. The van der Waals surface area contributed by atoms with Gasteiger partial charge in [0.2, 0.25) is 11.0 Å². The second-order valence-electron chi connectivity index (χ2n) is 6.95. The topological polar surface area (TPSA) is 101 Å². The third kappa shape index (κ3) is 3.70. The Morgan fingerprint density at radius 2 is 1.88 bits per heavy atom. The first kappa shape index (κ1) is 18.3. The summed E-state index contributed by atoms with van der Waals surface area (Å²) in [6.45, 7) is 3.58. The third-order valence-electron chi connectivity index (χ3n) is 4.86. The van der Waals surface area contributed by atoms with Crippen molar-refractivity contribution in [2.24, 2.45) is 17.3 Å². The molecule has 0 aliphatic heterocycles. The lowest BCUT2D eigenvalue weighted by Gasteiger charge is -2.02. The van der Waals surface area contributed by atoms with Gasteiger partial charge in [0.05, 0.1) is 18.9 Å². The molecule has 1 aromatic carbocycles. The average molecular weight is 375 g/mol. The first-order valence-electron chi connectivity index (χ1n) is 8.32. The molecule has 1 saturated carbocycles. The van der Waals surface area contributed by atoms with E-state index in [1.807, 2.05) is 24.3 Å². The summed E-state index contributed by atoms with van der Waals surface area (Å²) in [5.41, 5.74) is 0.633.